The number of aliphatic carboxylic acids is 1. The van der Waals surface area contributed by atoms with Gasteiger partial charge in [-0.3, -0.25) is 14.4 Å². The molecule has 1 fully saturated rings. The first-order valence-corrected chi connectivity index (χ1v) is 8.46. The molecule has 0 spiro atoms. The Morgan fingerprint density at radius 2 is 2.08 bits per heavy atom. The Balaban J connectivity index is 1.90. The molecule has 2 aromatic rings. The Bertz CT molecular complexity index is 770. The molecule has 2 heterocycles. The summed E-state index contributed by atoms with van der Waals surface area (Å²) < 4.78 is 7.31. The van der Waals surface area contributed by atoms with Crippen molar-refractivity contribution in [3.05, 3.63) is 36.0 Å². The van der Waals surface area contributed by atoms with Crippen LogP contribution in [0, 0.1) is 5.92 Å². The highest BCUT2D eigenvalue weighted by Crippen LogP contribution is 2.30. The van der Waals surface area contributed by atoms with E-state index in [9.17, 15) is 4.79 Å². The van der Waals surface area contributed by atoms with Crippen molar-refractivity contribution in [2.24, 2.45) is 5.92 Å². The number of hydrogen-bond acceptors (Lipinski definition) is 4. The predicted molar refractivity (Wildman–Crippen MR) is 95.6 cm³/mol. The molecule has 0 radical (unpaired) electrons. The molecule has 0 amide bonds. The van der Waals surface area contributed by atoms with E-state index >= 15 is 0 Å². The van der Waals surface area contributed by atoms with Gasteiger partial charge in [-0.25, -0.2) is 0 Å². The maximum Gasteiger partial charge on any atom is 0.309 e. The van der Waals surface area contributed by atoms with Gasteiger partial charge in [-0.1, -0.05) is 12.1 Å². The summed E-state index contributed by atoms with van der Waals surface area (Å²) in [5, 5.41) is 13.9. The van der Waals surface area contributed by atoms with Crippen molar-refractivity contribution in [3.63, 3.8) is 0 Å². The topological polar surface area (TPSA) is 67.6 Å². The fourth-order valence-corrected chi connectivity index (χ4v) is 2.98. The first-order valence-electron chi connectivity index (χ1n) is 8.46. The van der Waals surface area contributed by atoms with Crippen LogP contribution in [0.25, 0.3) is 11.3 Å². The highest BCUT2D eigenvalue weighted by Gasteiger charge is 2.33. The van der Waals surface area contributed by atoms with Gasteiger partial charge >= 0.3 is 5.97 Å². The Hall–Kier alpha value is -2.34. The fraction of sp³-hybridized carbons (Fsp3) is 0.474. The van der Waals surface area contributed by atoms with Crippen LogP contribution in [0.2, 0.25) is 0 Å². The van der Waals surface area contributed by atoms with Crippen LogP contribution in [0.3, 0.4) is 0 Å². The van der Waals surface area contributed by atoms with E-state index in [-0.39, 0.29) is 11.5 Å². The SMILES string of the molecule is COc1cccc(-c2nn(C(C)(C)C)cc2CN2CC(C(=O)O)C2)c1. The zero-order valence-electron chi connectivity index (χ0n) is 15.2. The smallest absolute Gasteiger partial charge is 0.309 e. The van der Waals surface area contributed by atoms with E-state index in [1.54, 1.807) is 7.11 Å². The van der Waals surface area contributed by atoms with Gasteiger partial charge in [-0.2, -0.15) is 5.10 Å². The number of nitrogens with zero attached hydrogens (tertiary/aromatic N) is 3. The average molecular weight is 343 g/mol. The molecular weight excluding hydrogens is 318 g/mol. The second-order valence-electron chi connectivity index (χ2n) is 7.58. The fourth-order valence-electron chi connectivity index (χ4n) is 2.98. The summed E-state index contributed by atoms with van der Waals surface area (Å²) in [6.45, 7) is 8.23. The molecule has 1 aliphatic heterocycles. The lowest BCUT2D eigenvalue weighted by molar-refractivity contribution is -0.147. The van der Waals surface area contributed by atoms with Gasteiger partial charge in [0.25, 0.3) is 0 Å². The Morgan fingerprint density at radius 1 is 1.36 bits per heavy atom. The first kappa shape index (κ1) is 17.5. The number of carboxylic acid groups (broad SMARTS) is 1. The van der Waals surface area contributed by atoms with Crippen LogP contribution in [0.1, 0.15) is 26.3 Å². The number of hydrogen-bond donors (Lipinski definition) is 1. The summed E-state index contributed by atoms with van der Waals surface area (Å²) in [7, 11) is 1.65. The summed E-state index contributed by atoms with van der Waals surface area (Å²) in [5.74, 6) is -0.170. The second kappa shape index (κ2) is 6.52. The number of likely N-dealkylation sites (tertiary alicyclic amines) is 1. The average Bonchev–Trinajstić information content (AvgIpc) is 2.94. The molecule has 25 heavy (non-hydrogen) atoms. The molecular formula is C19H25N3O3. The van der Waals surface area contributed by atoms with E-state index < -0.39 is 5.97 Å². The van der Waals surface area contributed by atoms with Gasteiger partial charge in [-0.05, 0) is 32.9 Å². The van der Waals surface area contributed by atoms with Gasteiger partial charge in [0.05, 0.1) is 24.3 Å². The third kappa shape index (κ3) is 3.69. The van der Waals surface area contributed by atoms with Crippen LogP contribution in [0.15, 0.2) is 30.5 Å². The third-order valence-electron chi connectivity index (χ3n) is 4.52. The zero-order valence-corrected chi connectivity index (χ0v) is 15.2. The number of methoxy groups -OCH3 is 1. The molecule has 1 aromatic carbocycles. The molecule has 0 unspecified atom stereocenters. The van der Waals surface area contributed by atoms with Crippen LogP contribution < -0.4 is 4.74 Å². The molecule has 0 saturated carbocycles. The van der Waals surface area contributed by atoms with Crippen molar-refractivity contribution < 1.29 is 14.6 Å². The summed E-state index contributed by atoms with van der Waals surface area (Å²) >= 11 is 0. The Kier molecular flexibility index (Phi) is 4.56. The van der Waals surface area contributed by atoms with Crippen LogP contribution in [-0.2, 0) is 16.9 Å². The number of benzene rings is 1. The summed E-state index contributed by atoms with van der Waals surface area (Å²) in [4.78, 5) is 13.2. The maximum absolute atomic E-state index is 11.0. The van der Waals surface area contributed by atoms with Crippen LogP contribution >= 0.6 is 0 Å². The Morgan fingerprint density at radius 3 is 2.68 bits per heavy atom. The lowest BCUT2D eigenvalue weighted by Crippen LogP contribution is -2.49. The number of rotatable bonds is 5. The Labute approximate surface area is 148 Å². The van der Waals surface area contributed by atoms with E-state index in [2.05, 4.69) is 31.9 Å². The van der Waals surface area contributed by atoms with E-state index in [0.29, 0.717) is 19.6 Å². The molecule has 134 valence electrons. The molecule has 1 N–H and O–H groups in total. The molecule has 1 aliphatic rings. The predicted octanol–water partition coefficient (Wildman–Crippen LogP) is 2.83. The monoisotopic (exact) mass is 343 g/mol. The van der Waals surface area contributed by atoms with Crippen molar-refractivity contribution in [1.29, 1.82) is 0 Å². The molecule has 0 aliphatic carbocycles. The second-order valence-corrected chi connectivity index (χ2v) is 7.58. The minimum Gasteiger partial charge on any atom is -0.497 e. The largest absolute Gasteiger partial charge is 0.497 e. The lowest BCUT2D eigenvalue weighted by atomic mass is 9.99. The van der Waals surface area contributed by atoms with Crippen molar-refractivity contribution >= 4 is 5.97 Å². The van der Waals surface area contributed by atoms with Crippen LogP contribution in [0.5, 0.6) is 5.75 Å². The van der Waals surface area contributed by atoms with Crippen molar-refractivity contribution in [2.75, 3.05) is 20.2 Å². The summed E-state index contributed by atoms with van der Waals surface area (Å²) in [6, 6.07) is 7.88. The van der Waals surface area contributed by atoms with E-state index in [0.717, 1.165) is 22.6 Å². The minimum atomic E-state index is -0.713. The normalized spacial score (nSPS) is 15.8. The highest BCUT2D eigenvalue weighted by molar-refractivity contribution is 5.71. The van der Waals surface area contributed by atoms with Gasteiger partial charge < -0.3 is 9.84 Å². The molecule has 6 heteroatoms. The molecule has 0 bridgehead atoms. The van der Waals surface area contributed by atoms with Gasteiger partial charge in [0.2, 0.25) is 0 Å². The van der Waals surface area contributed by atoms with Crippen LogP contribution in [0.4, 0.5) is 0 Å². The number of ether oxygens (including phenoxy) is 1. The summed E-state index contributed by atoms with van der Waals surface area (Å²) in [6.07, 6.45) is 2.07. The third-order valence-corrected chi connectivity index (χ3v) is 4.52. The molecule has 1 saturated heterocycles. The molecule has 3 rings (SSSR count). The van der Waals surface area contributed by atoms with Crippen molar-refractivity contribution in [2.45, 2.75) is 32.9 Å². The number of carboxylic acids is 1. The van der Waals surface area contributed by atoms with Gasteiger partial charge in [0.15, 0.2) is 0 Å². The van der Waals surface area contributed by atoms with E-state index in [4.69, 9.17) is 14.9 Å². The zero-order chi connectivity index (χ0) is 18.2. The minimum absolute atomic E-state index is 0.121. The van der Waals surface area contributed by atoms with Crippen LogP contribution in [-0.4, -0.2) is 46.0 Å². The van der Waals surface area contributed by atoms with E-state index in [1.807, 2.05) is 28.9 Å². The van der Waals surface area contributed by atoms with Gasteiger partial charge in [0, 0.05) is 37.0 Å². The number of aromatic nitrogens is 2. The van der Waals surface area contributed by atoms with Crippen molar-refractivity contribution in [1.82, 2.24) is 14.7 Å². The lowest BCUT2D eigenvalue weighted by Gasteiger charge is -2.36. The summed E-state index contributed by atoms with van der Waals surface area (Å²) in [5.41, 5.74) is 2.91. The molecule has 6 nitrogen and oxygen atoms in total. The first-order chi connectivity index (χ1) is 11.8. The van der Waals surface area contributed by atoms with Gasteiger partial charge in [0.1, 0.15) is 5.75 Å². The standard InChI is InChI=1S/C19H25N3O3/c1-19(2,3)22-12-14(9-21-10-15(11-21)18(23)24)17(20-22)13-6-5-7-16(8-13)25-4/h5-8,12,15H,9-11H2,1-4H3,(H,23,24). The maximum atomic E-state index is 11.0. The van der Waals surface area contributed by atoms with E-state index in [1.165, 1.54) is 0 Å². The van der Waals surface area contributed by atoms with Crippen molar-refractivity contribution in [3.8, 4) is 17.0 Å². The quantitative estimate of drug-likeness (QED) is 0.904. The molecule has 0 atom stereocenters. The number of carbonyl (C=O) groups is 1. The van der Waals surface area contributed by atoms with Gasteiger partial charge in [-0.15, -0.1) is 0 Å². The highest BCUT2D eigenvalue weighted by atomic mass is 16.5. The molecule has 1 aromatic heterocycles.